The molecule has 1 fully saturated rings. The molecular weight excluding hydrogens is 330 g/mol. The summed E-state index contributed by atoms with van der Waals surface area (Å²) in [5.41, 5.74) is 0.944. The number of rotatable bonds is 4. The Labute approximate surface area is 145 Å². The molecular formula is C17H20ClN3O3. The first-order valence-corrected chi connectivity index (χ1v) is 8.29. The molecule has 1 aliphatic rings. The number of piperidine rings is 1. The summed E-state index contributed by atoms with van der Waals surface area (Å²) in [5.74, 6) is 1.40. The molecule has 0 spiro atoms. The van der Waals surface area contributed by atoms with E-state index >= 15 is 0 Å². The van der Waals surface area contributed by atoms with Gasteiger partial charge in [0.15, 0.2) is 5.76 Å². The number of nitrogens with zero attached hydrogens (tertiary/aromatic N) is 3. The van der Waals surface area contributed by atoms with Gasteiger partial charge >= 0.3 is 6.09 Å². The first kappa shape index (κ1) is 16.8. The van der Waals surface area contributed by atoms with Crippen LogP contribution in [0.1, 0.15) is 18.7 Å². The van der Waals surface area contributed by atoms with E-state index in [9.17, 15) is 4.79 Å². The van der Waals surface area contributed by atoms with Crippen molar-refractivity contribution >= 4 is 17.7 Å². The molecule has 1 aromatic heterocycles. The molecule has 0 aliphatic carbocycles. The number of hydrogen-bond donors (Lipinski definition) is 1. The van der Waals surface area contributed by atoms with Crippen LogP contribution in [-0.4, -0.2) is 52.2 Å². The van der Waals surface area contributed by atoms with Gasteiger partial charge in [-0.05, 0) is 37.1 Å². The standard InChI is InChI=1S/C17H20ClN3O3/c1-20(17(22)23)14-6-8-21(9-7-14)11-16-19-10-15(24-16)12-2-4-13(18)5-3-12/h2-5,10,14H,6-9,11H2,1H3,(H,22,23). The molecule has 1 amide bonds. The Hall–Kier alpha value is -2.05. The van der Waals surface area contributed by atoms with Crippen molar-refractivity contribution in [3.8, 4) is 11.3 Å². The molecule has 0 saturated carbocycles. The van der Waals surface area contributed by atoms with Gasteiger partial charge in [0.1, 0.15) is 0 Å². The largest absolute Gasteiger partial charge is 0.465 e. The maximum absolute atomic E-state index is 11.0. The number of oxazole rings is 1. The molecule has 24 heavy (non-hydrogen) atoms. The first-order valence-electron chi connectivity index (χ1n) is 7.91. The van der Waals surface area contributed by atoms with Crippen molar-refractivity contribution in [3.63, 3.8) is 0 Å². The number of amides is 1. The van der Waals surface area contributed by atoms with Crippen LogP contribution in [0.4, 0.5) is 4.79 Å². The fourth-order valence-electron chi connectivity index (χ4n) is 2.94. The van der Waals surface area contributed by atoms with Crippen molar-refractivity contribution in [1.29, 1.82) is 0 Å². The van der Waals surface area contributed by atoms with Crippen LogP contribution in [0.3, 0.4) is 0 Å². The van der Waals surface area contributed by atoms with Gasteiger partial charge in [-0.1, -0.05) is 11.6 Å². The minimum Gasteiger partial charge on any atom is -0.465 e. The lowest BCUT2D eigenvalue weighted by Gasteiger charge is -2.34. The zero-order valence-electron chi connectivity index (χ0n) is 13.5. The van der Waals surface area contributed by atoms with Gasteiger partial charge in [0.2, 0.25) is 5.89 Å². The normalized spacial score (nSPS) is 16.2. The van der Waals surface area contributed by atoms with Gasteiger partial charge in [-0.25, -0.2) is 9.78 Å². The highest BCUT2D eigenvalue weighted by Crippen LogP contribution is 2.24. The van der Waals surface area contributed by atoms with Crippen LogP contribution in [-0.2, 0) is 6.54 Å². The Kier molecular flexibility index (Phi) is 5.06. The van der Waals surface area contributed by atoms with Gasteiger partial charge in [-0.15, -0.1) is 0 Å². The van der Waals surface area contributed by atoms with Crippen LogP contribution in [0.5, 0.6) is 0 Å². The molecule has 1 aliphatic heterocycles. The van der Waals surface area contributed by atoms with Gasteiger partial charge in [-0.3, -0.25) is 4.90 Å². The summed E-state index contributed by atoms with van der Waals surface area (Å²) in [4.78, 5) is 19.0. The molecule has 1 aromatic carbocycles. The molecule has 1 N–H and O–H groups in total. The van der Waals surface area contributed by atoms with Crippen molar-refractivity contribution in [2.45, 2.75) is 25.4 Å². The molecule has 6 nitrogen and oxygen atoms in total. The van der Waals surface area contributed by atoms with Crippen molar-refractivity contribution in [2.24, 2.45) is 0 Å². The summed E-state index contributed by atoms with van der Waals surface area (Å²) in [6.07, 6.45) is 2.51. The highest BCUT2D eigenvalue weighted by Gasteiger charge is 2.25. The van der Waals surface area contributed by atoms with E-state index in [4.69, 9.17) is 21.1 Å². The number of benzene rings is 1. The minimum absolute atomic E-state index is 0.0907. The summed E-state index contributed by atoms with van der Waals surface area (Å²) < 4.78 is 5.82. The van der Waals surface area contributed by atoms with E-state index in [1.165, 1.54) is 4.90 Å². The number of halogens is 1. The lowest BCUT2D eigenvalue weighted by atomic mass is 10.0. The maximum atomic E-state index is 11.0. The molecule has 2 aromatic rings. The smallest absolute Gasteiger partial charge is 0.407 e. The fourth-order valence-corrected chi connectivity index (χ4v) is 3.07. The van der Waals surface area contributed by atoms with E-state index in [0.717, 1.165) is 37.3 Å². The predicted molar refractivity (Wildman–Crippen MR) is 91.0 cm³/mol. The van der Waals surface area contributed by atoms with Gasteiger partial charge in [-0.2, -0.15) is 0 Å². The third-order valence-corrected chi connectivity index (χ3v) is 4.70. The zero-order valence-corrected chi connectivity index (χ0v) is 14.2. The van der Waals surface area contributed by atoms with Crippen LogP contribution >= 0.6 is 11.6 Å². The average molecular weight is 350 g/mol. The monoisotopic (exact) mass is 349 g/mol. The van der Waals surface area contributed by atoms with Crippen LogP contribution in [0.2, 0.25) is 5.02 Å². The van der Waals surface area contributed by atoms with Crippen LogP contribution in [0, 0.1) is 0 Å². The minimum atomic E-state index is -0.867. The third-order valence-electron chi connectivity index (χ3n) is 4.45. The Morgan fingerprint density at radius 1 is 1.38 bits per heavy atom. The highest BCUT2D eigenvalue weighted by atomic mass is 35.5. The van der Waals surface area contributed by atoms with Crippen molar-refractivity contribution < 1.29 is 14.3 Å². The number of likely N-dealkylation sites (tertiary alicyclic amines) is 1. The van der Waals surface area contributed by atoms with Crippen molar-refractivity contribution in [3.05, 3.63) is 41.4 Å². The number of carboxylic acid groups (broad SMARTS) is 1. The van der Waals surface area contributed by atoms with E-state index in [0.29, 0.717) is 17.5 Å². The number of aromatic nitrogens is 1. The number of carbonyl (C=O) groups is 1. The average Bonchev–Trinajstić information content (AvgIpc) is 3.04. The summed E-state index contributed by atoms with van der Waals surface area (Å²) in [6, 6.07) is 7.54. The second kappa shape index (κ2) is 7.23. The zero-order chi connectivity index (χ0) is 17.1. The maximum Gasteiger partial charge on any atom is 0.407 e. The Morgan fingerprint density at radius 3 is 2.67 bits per heavy atom. The molecule has 3 rings (SSSR count). The Bertz CT molecular complexity index is 693. The van der Waals surface area contributed by atoms with Crippen molar-refractivity contribution in [1.82, 2.24) is 14.8 Å². The quantitative estimate of drug-likeness (QED) is 0.913. The molecule has 7 heteroatoms. The second-order valence-electron chi connectivity index (χ2n) is 6.03. The lowest BCUT2D eigenvalue weighted by molar-refractivity contribution is 0.0995. The van der Waals surface area contributed by atoms with Crippen LogP contribution in [0.25, 0.3) is 11.3 Å². The molecule has 0 radical (unpaired) electrons. The summed E-state index contributed by atoms with van der Waals surface area (Å²) in [7, 11) is 1.63. The molecule has 0 bridgehead atoms. The van der Waals surface area contributed by atoms with E-state index in [1.54, 1.807) is 13.2 Å². The lowest BCUT2D eigenvalue weighted by Crippen LogP contribution is -2.44. The van der Waals surface area contributed by atoms with Gasteiger partial charge < -0.3 is 14.4 Å². The van der Waals surface area contributed by atoms with Gasteiger partial charge in [0, 0.05) is 36.8 Å². The Morgan fingerprint density at radius 2 is 2.04 bits per heavy atom. The first-order chi connectivity index (χ1) is 11.5. The summed E-state index contributed by atoms with van der Waals surface area (Å²) in [6.45, 7) is 2.30. The van der Waals surface area contributed by atoms with Crippen molar-refractivity contribution in [2.75, 3.05) is 20.1 Å². The second-order valence-corrected chi connectivity index (χ2v) is 6.46. The van der Waals surface area contributed by atoms with Gasteiger partial charge in [0.25, 0.3) is 0 Å². The number of hydrogen-bond acceptors (Lipinski definition) is 4. The third kappa shape index (κ3) is 3.88. The summed E-state index contributed by atoms with van der Waals surface area (Å²) >= 11 is 5.89. The topological polar surface area (TPSA) is 69.8 Å². The predicted octanol–water partition coefficient (Wildman–Crippen LogP) is 3.57. The van der Waals surface area contributed by atoms with Crippen LogP contribution < -0.4 is 0 Å². The Balaban J connectivity index is 1.56. The van der Waals surface area contributed by atoms with E-state index in [1.807, 2.05) is 24.3 Å². The van der Waals surface area contributed by atoms with Gasteiger partial charge in [0.05, 0.1) is 12.7 Å². The molecule has 0 atom stereocenters. The molecule has 0 unspecified atom stereocenters. The van der Waals surface area contributed by atoms with Crippen LogP contribution in [0.15, 0.2) is 34.9 Å². The summed E-state index contributed by atoms with van der Waals surface area (Å²) in [5, 5.41) is 9.73. The van der Waals surface area contributed by atoms with E-state index in [-0.39, 0.29) is 6.04 Å². The highest BCUT2D eigenvalue weighted by molar-refractivity contribution is 6.30. The molecule has 1 saturated heterocycles. The fraction of sp³-hybridized carbons (Fsp3) is 0.412. The molecule has 2 heterocycles. The van der Waals surface area contributed by atoms with E-state index < -0.39 is 6.09 Å². The SMILES string of the molecule is CN(C(=O)O)C1CCN(Cc2ncc(-c3ccc(Cl)cc3)o2)CC1. The molecule has 128 valence electrons. The van der Waals surface area contributed by atoms with E-state index in [2.05, 4.69) is 9.88 Å².